The van der Waals surface area contributed by atoms with Gasteiger partial charge in [-0.3, -0.25) is 4.79 Å². The van der Waals surface area contributed by atoms with Crippen LogP contribution in [0.1, 0.15) is 34.8 Å². The summed E-state index contributed by atoms with van der Waals surface area (Å²) < 4.78 is 0. The van der Waals surface area contributed by atoms with Gasteiger partial charge in [-0.1, -0.05) is 13.0 Å². The zero-order valence-corrected chi connectivity index (χ0v) is 12.1. The molecule has 1 unspecified atom stereocenters. The first-order chi connectivity index (χ1) is 8.54. The number of benzene rings is 1. The van der Waals surface area contributed by atoms with Gasteiger partial charge in [-0.25, -0.2) is 0 Å². The van der Waals surface area contributed by atoms with Gasteiger partial charge in [0.15, 0.2) is 0 Å². The monoisotopic (exact) mass is 266 g/mol. The summed E-state index contributed by atoms with van der Waals surface area (Å²) in [6.07, 6.45) is 3.30. The van der Waals surface area contributed by atoms with E-state index in [1.54, 1.807) is 6.07 Å². The summed E-state index contributed by atoms with van der Waals surface area (Å²) in [4.78, 5) is 11.0. The molecule has 0 radical (unpaired) electrons. The molecular formula is C14H22N2OS. The van der Waals surface area contributed by atoms with Crippen molar-refractivity contribution in [3.8, 4) is 0 Å². The molecule has 3 nitrogen and oxygen atoms in total. The molecule has 3 N–H and O–H groups in total. The van der Waals surface area contributed by atoms with Gasteiger partial charge in [0.1, 0.15) is 0 Å². The van der Waals surface area contributed by atoms with Crippen molar-refractivity contribution in [2.24, 2.45) is 5.73 Å². The van der Waals surface area contributed by atoms with E-state index in [0.29, 0.717) is 10.8 Å². The van der Waals surface area contributed by atoms with Crippen LogP contribution in [-0.2, 0) is 6.54 Å². The van der Waals surface area contributed by atoms with E-state index in [2.05, 4.69) is 18.5 Å². The summed E-state index contributed by atoms with van der Waals surface area (Å²) in [5.74, 6) is -0.369. The Morgan fingerprint density at radius 2 is 2.22 bits per heavy atom. The average molecular weight is 266 g/mol. The van der Waals surface area contributed by atoms with Gasteiger partial charge in [0.05, 0.1) is 0 Å². The fourth-order valence-electron chi connectivity index (χ4n) is 1.69. The van der Waals surface area contributed by atoms with Crippen LogP contribution in [-0.4, -0.2) is 24.0 Å². The SMILES string of the molecule is CSC(C)CCNCc1ccc(C(N)=O)cc1C. The largest absolute Gasteiger partial charge is 0.366 e. The number of nitrogens with one attached hydrogen (secondary N) is 1. The third-order valence-corrected chi connectivity index (χ3v) is 4.11. The third kappa shape index (κ3) is 4.70. The van der Waals surface area contributed by atoms with Crippen LogP contribution in [0.2, 0.25) is 0 Å². The number of carbonyl (C=O) groups excluding carboxylic acids is 1. The summed E-state index contributed by atoms with van der Waals surface area (Å²) in [6.45, 7) is 6.10. The molecule has 1 aromatic rings. The molecule has 0 aliphatic heterocycles. The van der Waals surface area contributed by atoms with E-state index >= 15 is 0 Å². The molecule has 4 heteroatoms. The fourth-order valence-corrected chi connectivity index (χ4v) is 2.05. The van der Waals surface area contributed by atoms with Gasteiger partial charge < -0.3 is 11.1 Å². The molecule has 0 bridgehead atoms. The van der Waals surface area contributed by atoms with Gasteiger partial charge in [0.25, 0.3) is 0 Å². The number of amides is 1. The maximum absolute atomic E-state index is 11.0. The summed E-state index contributed by atoms with van der Waals surface area (Å²) >= 11 is 1.89. The topological polar surface area (TPSA) is 55.1 Å². The Morgan fingerprint density at radius 1 is 1.50 bits per heavy atom. The smallest absolute Gasteiger partial charge is 0.248 e. The second kappa shape index (κ2) is 7.44. The van der Waals surface area contributed by atoms with Gasteiger partial charge in [0.2, 0.25) is 5.91 Å². The van der Waals surface area contributed by atoms with E-state index < -0.39 is 0 Å². The molecule has 1 amide bonds. The van der Waals surface area contributed by atoms with Crippen molar-refractivity contribution in [2.75, 3.05) is 12.8 Å². The molecule has 0 saturated carbocycles. The average Bonchev–Trinajstić information content (AvgIpc) is 2.35. The zero-order valence-electron chi connectivity index (χ0n) is 11.3. The maximum Gasteiger partial charge on any atom is 0.248 e. The van der Waals surface area contributed by atoms with Crippen LogP contribution in [0.4, 0.5) is 0 Å². The molecule has 0 aliphatic rings. The van der Waals surface area contributed by atoms with E-state index in [9.17, 15) is 4.79 Å². The van der Waals surface area contributed by atoms with Crippen molar-refractivity contribution in [3.05, 3.63) is 34.9 Å². The minimum atomic E-state index is -0.369. The highest BCUT2D eigenvalue weighted by molar-refractivity contribution is 7.99. The van der Waals surface area contributed by atoms with Crippen molar-refractivity contribution >= 4 is 17.7 Å². The summed E-state index contributed by atoms with van der Waals surface area (Å²) in [7, 11) is 0. The highest BCUT2D eigenvalue weighted by Gasteiger charge is 2.04. The summed E-state index contributed by atoms with van der Waals surface area (Å²) in [5.41, 5.74) is 8.15. The van der Waals surface area contributed by atoms with Crippen LogP contribution in [0, 0.1) is 6.92 Å². The molecule has 1 atom stereocenters. The molecule has 1 rings (SSSR count). The first-order valence-electron chi connectivity index (χ1n) is 6.17. The van der Waals surface area contributed by atoms with Crippen molar-refractivity contribution < 1.29 is 4.79 Å². The van der Waals surface area contributed by atoms with Crippen molar-refractivity contribution in [1.29, 1.82) is 0 Å². The minimum Gasteiger partial charge on any atom is -0.366 e. The van der Waals surface area contributed by atoms with Crippen LogP contribution in [0.15, 0.2) is 18.2 Å². The lowest BCUT2D eigenvalue weighted by molar-refractivity contribution is 0.1000. The number of nitrogens with two attached hydrogens (primary N) is 1. The van der Waals surface area contributed by atoms with Crippen LogP contribution < -0.4 is 11.1 Å². The van der Waals surface area contributed by atoms with E-state index in [4.69, 9.17) is 5.73 Å². The fraction of sp³-hybridized carbons (Fsp3) is 0.500. The van der Waals surface area contributed by atoms with Crippen LogP contribution in [0.25, 0.3) is 0 Å². The summed E-state index contributed by atoms with van der Waals surface area (Å²) in [5, 5.41) is 4.12. The first kappa shape index (κ1) is 15.1. The molecule has 0 aromatic heterocycles. The quantitative estimate of drug-likeness (QED) is 0.745. The molecule has 18 heavy (non-hydrogen) atoms. The standard InChI is InChI=1S/C14H22N2OS/c1-10-8-12(14(15)17)4-5-13(10)9-16-7-6-11(2)18-3/h4-5,8,11,16H,6-7,9H2,1-3H3,(H2,15,17). The third-order valence-electron chi connectivity index (χ3n) is 3.07. The second-order valence-electron chi connectivity index (χ2n) is 4.52. The normalized spacial score (nSPS) is 12.4. The molecule has 1 aromatic carbocycles. The number of aryl methyl sites for hydroxylation is 1. The lowest BCUT2D eigenvalue weighted by atomic mass is 10.0. The predicted octanol–water partition coefficient (Wildman–Crippen LogP) is 2.33. The highest BCUT2D eigenvalue weighted by atomic mass is 32.2. The van der Waals surface area contributed by atoms with Crippen molar-refractivity contribution in [3.63, 3.8) is 0 Å². The predicted molar refractivity (Wildman–Crippen MR) is 79.0 cm³/mol. The zero-order chi connectivity index (χ0) is 13.5. The van der Waals surface area contributed by atoms with Gasteiger partial charge in [0, 0.05) is 17.4 Å². The van der Waals surface area contributed by atoms with E-state index in [1.807, 2.05) is 30.8 Å². The lowest BCUT2D eigenvalue weighted by Crippen LogP contribution is -2.18. The maximum atomic E-state index is 11.0. The summed E-state index contributed by atoms with van der Waals surface area (Å²) in [6, 6.07) is 5.61. The van der Waals surface area contributed by atoms with Gasteiger partial charge in [-0.05, 0) is 49.4 Å². The van der Waals surface area contributed by atoms with Crippen LogP contribution >= 0.6 is 11.8 Å². The Kier molecular flexibility index (Phi) is 6.22. The number of hydrogen-bond donors (Lipinski definition) is 2. The number of thioether (sulfide) groups is 1. The highest BCUT2D eigenvalue weighted by Crippen LogP contribution is 2.11. The first-order valence-corrected chi connectivity index (χ1v) is 7.46. The second-order valence-corrected chi connectivity index (χ2v) is 5.79. The molecule has 0 saturated heterocycles. The van der Waals surface area contributed by atoms with Crippen LogP contribution in [0.3, 0.4) is 0 Å². The van der Waals surface area contributed by atoms with Gasteiger partial charge in [-0.2, -0.15) is 11.8 Å². The van der Waals surface area contributed by atoms with Gasteiger partial charge in [-0.15, -0.1) is 0 Å². The van der Waals surface area contributed by atoms with E-state index in [0.717, 1.165) is 18.7 Å². The van der Waals surface area contributed by atoms with Gasteiger partial charge >= 0.3 is 0 Å². The molecule has 0 heterocycles. The Balaban J connectivity index is 2.46. The molecule has 0 fully saturated rings. The molecular weight excluding hydrogens is 244 g/mol. The van der Waals surface area contributed by atoms with E-state index in [-0.39, 0.29) is 5.91 Å². The minimum absolute atomic E-state index is 0.369. The van der Waals surface area contributed by atoms with Crippen LogP contribution in [0.5, 0.6) is 0 Å². The Bertz CT molecular complexity index is 407. The molecule has 0 spiro atoms. The van der Waals surface area contributed by atoms with Crippen molar-refractivity contribution in [1.82, 2.24) is 5.32 Å². The Morgan fingerprint density at radius 3 is 2.78 bits per heavy atom. The molecule has 100 valence electrons. The number of rotatable bonds is 7. The Labute approximate surface area is 114 Å². The number of hydrogen-bond acceptors (Lipinski definition) is 3. The lowest BCUT2D eigenvalue weighted by Gasteiger charge is -2.11. The number of carbonyl (C=O) groups is 1. The number of primary amides is 1. The Hall–Kier alpha value is -1.00. The molecule has 0 aliphatic carbocycles. The van der Waals surface area contributed by atoms with E-state index in [1.165, 1.54) is 12.0 Å². The van der Waals surface area contributed by atoms with Crippen molar-refractivity contribution in [2.45, 2.75) is 32.1 Å².